The van der Waals surface area contributed by atoms with Crippen molar-refractivity contribution in [2.75, 3.05) is 20.3 Å². The molecule has 10 nitrogen and oxygen atoms in total. The molecule has 0 unspecified atom stereocenters. The molecular formula is C17H24O10. The number of rotatable bonds is 4. The van der Waals surface area contributed by atoms with Crippen molar-refractivity contribution in [1.29, 1.82) is 0 Å². The zero-order valence-corrected chi connectivity index (χ0v) is 15.0. The number of hydrogen-bond acceptors (Lipinski definition) is 10. The van der Waals surface area contributed by atoms with Gasteiger partial charge in [-0.1, -0.05) is 6.08 Å². The van der Waals surface area contributed by atoms with Gasteiger partial charge in [0.2, 0.25) is 0 Å². The van der Waals surface area contributed by atoms with Gasteiger partial charge in [-0.2, -0.15) is 0 Å². The first-order valence-corrected chi connectivity index (χ1v) is 8.63. The first-order valence-electron chi connectivity index (χ1n) is 8.63. The standard InChI is InChI=1S/C17H24O10/c1-3-7-8-4-5-24-14(22)10(8)16(23-2)26-15(7)27-17-13(21)12(20)11(19)9(6-18)25-17/h3,9,11-13,15-21H,4-6H2,1-2H3/b7-3-/t9-,11-,12+,13-,15+,16+,17+/m1/s1. The number of allylic oxidation sites excluding steroid dienone is 1. The number of esters is 1. The number of cyclic esters (lactones) is 1. The van der Waals surface area contributed by atoms with E-state index in [2.05, 4.69) is 0 Å². The molecule has 0 spiro atoms. The Morgan fingerprint density at radius 2 is 1.89 bits per heavy atom. The van der Waals surface area contributed by atoms with Crippen LogP contribution in [0.1, 0.15) is 13.3 Å². The Kier molecular flexibility index (Phi) is 6.28. The Bertz CT molecular complexity index is 627. The molecule has 0 aromatic rings. The molecule has 27 heavy (non-hydrogen) atoms. The van der Waals surface area contributed by atoms with Crippen LogP contribution in [-0.4, -0.2) is 90.0 Å². The van der Waals surface area contributed by atoms with Crippen LogP contribution in [0.5, 0.6) is 0 Å². The van der Waals surface area contributed by atoms with E-state index in [1.807, 2.05) is 0 Å². The van der Waals surface area contributed by atoms with Gasteiger partial charge in [0, 0.05) is 19.1 Å². The van der Waals surface area contributed by atoms with E-state index in [1.165, 1.54) is 7.11 Å². The lowest BCUT2D eigenvalue weighted by Gasteiger charge is -2.43. The minimum Gasteiger partial charge on any atom is -0.462 e. The number of carbonyl (C=O) groups excluding carboxylic acids is 1. The predicted octanol–water partition coefficient (Wildman–Crippen LogP) is -1.68. The molecule has 0 aliphatic carbocycles. The summed E-state index contributed by atoms with van der Waals surface area (Å²) < 4.78 is 27.0. The van der Waals surface area contributed by atoms with Crippen LogP contribution >= 0.6 is 0 Å². The molecule has 3 rings (SSSR count). The van der Waals surface area contributed by atoms with E-state index in [0.717, 1.165) is 0 Å². The van der Waals surface area contributed by atoms with E-state index in [1.54, 1.807) is 13.0 Å². The van der Waals surface area contributed by atoms with Gasteiger partial charge in [-0.3, -0.25) is 0 Å². The van der Waals surface area contributed by atoms with E-state index in [9.17, 15) is 25.2 Å². The molecular weight excluding hydrogens is 364 g/mol. The van der Waals surface area contributed by atoms with E-state index in [-0.39, 0.29) is 12.2 Å². The minimum atomic E-state index is -1.57. The van der Waals surface area contributed by atoms with Crippen LogP contribution in [0, 0.1) is 0 Å². The molecule has 3 aliphatic heterocycles. The second-order valence-corrected chi connectivity index (χ2v) is 6.39. The van der Waals surface area contributed by atoms with Gasteiger partial charge >= 0.3 is 5.97 Å². The second kappa shape index (κ2) is 8.33. The van der Waals surface area contributed by atoms with E-state index in [4.69, 9.17) is 23.7 Å². The van der Waals surface area contributed by atoms with Crippen molar-refractivity contribution < 1.29 is 48.9 Å². The lowest BCUT2D eigenvalue weighted by atomic mass is 9.92. The second-order valence-electron chi connectivity index (χ2n) is 6.39. The van der Waals surface area contributed by atoms with E-state index in [0.29, 0.717) is 17.6 Å². The maximum atomic E-state index is 12.1. The first kappa shape index (κ1) is 20.4. The smallest absolute Gasteiger partial charge is 0.339 e. The molecule has 10 heteroatoms. The zero-order valence-electron chi connectivity index (χ0n) is 15.0. The van der Waals surface area contributed by atoms with Gasteiger partial charge < -0.3 is 44.1 Å². The summed E-state index contributed by atoms with van der Waals surface area (Å²) >= 11 is 0. The number of methoxy groups -OCH3 is 1. The van der Waals surface area contributed by atoms with Crippen molar-refractivity contribution in [3.05, 3.63) is 22.8 Å². The highest BCUT2D eigenvalue weighted by molar-refractivity contribution is 5.92. The molecule has 0 amide bonds. The van der Waals surface area contributed by atoms with E-state index < -0.39 is 55.9 Å². The summed E-state index contributed by atoms with van der Waals surface area (Å²) in [6.45, 7) is 1.37. The Balaban J connectivity index is 1.85. The van der Waals surface area contributed by atoms with Gasteiger partial charge in [-0.05, 0) is 12.5 Å². The van der Waals surface area contributed by atoms with Crippen LogP contribution in [0.4, 0.5) is 0 Å². The number of hydrogen-bond donors (Lipinski definition) is 4. The molecule has 0 aromatic heterocycles. The van der Waals surface area contributed by atoms with Crippen molar-refractivity contribution in [2.45, 2.75) is 56.6 Å². The lowest BCUT2D eigenvalue weighted by molar-refractivity contribution is -0.343. The Morgan fingerprint density at radius 1 is 1.15 bits per heavy atom. The fourth-order valence-electron chi connectivity index (χ4n) is 3.41. The summed E-state index contributed by atoms with van der Waals surface area (Å²) in [7, 11) is 1.36. The van der Waals surface area contributed by atoms with Crippen LogP contribution in [0.15, 0.2) is 22.8 Å². The van der Waals surface area contributed by atoms with Gasteiger partial charge in [-0.25, -0.2) is 4.79 Å². The molecule has 0 radical (unpaired) electrons. The van der Waals surface area contributed by atoms with E-state index >= 15 is 0 Å². The van der Waals surface area contributed by atoms with Gasteiger partial charge in [0.1, 0.15) is 24.4 Å². The van der Waals surface area contributed by atoms with Crippen LogP contribution < -0.4 is 0 Å². The number of aliphatic hydroxyl groups is 4. The van der Waals surface area contributed by atoms with Crippen molar-refractivity contribution in [1.82, 2.24) is 0 Å². The molecule has 0 aromatic carbocycles. The molecule has 7 atom stereocenters. The van der Waals surface area contributed by atoms with Crippen LogP contribution in [0.25, 0.3) is 0 Å². The zero-order chi connectivity index (χ0) is 19.7. The molecule has 3 aliphatic rings. The van der Waals surface area contributed by atoms with Crippen molar-refractivity contribution >= 4 is 5.97 Å². The highest BCUT2D eigenvalue weighted by Crippen LogP contribution is 2.37. The largest absolute Gasteiger partial charge is 0.462 e. The molecule has 4 N–H and O–H groups in total. The quantitative estimate of drug-likeness (QED) is 0.412. The van der Waals surface area contributed by atoms with Gasteiger partial charge in [0.15, 0.2) is 18.9 Å². The molecule has 0 saturated carbocycles. The Hall–Kier alpha value is -1.37. The third-order valence-electron chi connectivity index (χ3n) is 4.85. The number of ether oxygens (including phenoxy) is 5. The fraction of sp³-hybridized carbons (Fsp3) is 0.706. The first-order chi connectivity index (χ1) is 12.9. The van der Waals surface area contributed by atoms with Gasteiger partial charge in [0.05, 0.1) is 18.8 Å². The monoisotopic (exact) mass is 388 g/mol. The molecule has 152 valence electrons. The third kappa shape index (κ3) is 3.67. The minimum absolute atomic E-state index is 0.207. The third-order valence-corrected chi connectivity index (χ3v) is 4.85. The fourth-order valence-corrected chi connectivity index (χ4v) is 3.41. The molecule has 1 saturated heterocycles. The summed E-state index contributed by atoms with van der Waals surface area (Å²) in [4.78, 5) is 12.1. The Morgan fingerprint density at radius 3 is 2.52 bits per heavy atom. The summed E-state index contributed by atoms with van der Waals surface area (Å²) in [5.74, 6) is -0.534. The Labute approximate surface area is 155 Å². The average molecular weight is 388 g/mol. The highest BCUT2D eigenvalue weighted by Gasteiger charge is 2.47. The van der Waals surface area contributed by atoms with Crippen molar-refractivity contribution in [2.24, 2.45) is 0 Å². The van der Waals surface area contributed by atoms with Gasteiger partial charge in [0.25, 0.3) is 0 Å². The predicted molar refractivity (Wildman–Crippen MR) is 86.9 cm³/mol. The van der Waals surface area contributed by atoms with Crippen molar-refractivity contribution in [3.63, 3.8) is 0 Å². The maximum absolute atomic E-state index is 12.1. The topological polar surface area (TPSA) is 144 Å². The molecule has 0 bridgehead atoms. The summed E-state index contributed by atoms with van der Waals surface area (Å²) in [5.41, 5.74) is 1.47. The summed E-state index contributed by atoms with van der Waals surface area (Å²) in [6.07, 6.45) is -7.08. The van der Waals surface area contributed by atoms with Crippen molar-refractivity contribution in [3.8, 4) is 0 Å². The summed E-state index contributed by atoms with van der Waals surface area (Å²) in [6, 6.07) is 0. The maximum Gasteiger partial charge on any atom is 0.339 e. The summed E-state index contributed by atoms with van der Waals surface area (Å²) in [5, 5.41) is 39.3. The average Bonchev–Trinajstić information content (AvgIpc) is 2.67. The lowest BCUT2D eigenvalue weighted by Crippen LogP contribution is -2.60. The highest BCUT2D eigenvalue weighted by atomic mass is 16.8. The van der Waals surface area contributed by atoms with Crippen LogP contribution in [-0.2, 0) is 28.5 Å². The van der Waals surface area contributed by atoms with Crippen LogP contribution in [0.3, 0.4) is 0 Å². The van der Waals surface area contributed by atoms with Crippen LogP contribution in [0.2, 0.25) is 0 Å². The number of aliphatic hydroxyl groups excluding tert-OH is 4. The normalized spacial score (nSPS) is 41.5. The number of carbonyl (C=O) groups is 1. The SMILES string of the molecule is C/C=C1/C2=C(C(=O)OCC2)[C@@H](OC)O[C@H]1O[C@@H]1O[C@H](CO)[C@@H](O)[C@H](O)[C@H]1O. The molecule has 3 heterocycles. The van der Waals surface area contributed by atoms with Gasteiger partial charge in [-0.15, -0.1) is 0 Å². The molecule has 1 fully saturated rings.